The van der Waals surface area contributed by atoms with Gasteiger partial charge in [-0.15, -0.1) is 0 Å². The van der Waals surface area contributed by atoms with Gasteiger partial charge in [-0.2, -0.15) is 11.8 Å². The molecule has 0 radical (unpaired) electrons. The Morgan fingerprint density at radius 3 is 3.00 bits per heavy atom. The molecule has 3 rings (SSSR count). The van der Waals surface area contributed by atoms with E-state index in [0.717, 1.165) is 17.2 Å². The van der Waals surface area contributed by atoms with Gasteiger partial charge in [0.05, 0.1) is 6.04 Å². The number of rotatable bonds is 2. The van der Waals surface area contributed by atoms with Crippen LogP contribution in [0.15, 0.2) is 24.3 Å². The van der Waals surface area contributed by atoms with Gasteiger partial charge in [-0.3, -0.25) is 15.1 Å². The summed E-state index contributed by atoms with van der Waals surface area (Å²) in [5.74, 6) is 1.55. The summed E-state index contributed by atoms with van der Waals surface area (Å²) in [6.45, 7) is 0. The van der Waals surface area contributed by atoms with Gasteiger partial charge in [0, 0.05) is 36.9 Å². The van der Waals surface area contributed by atoms with E-state index in [-0.39, 0.29) is 24.1 Å². The quantitative estimate of drug-likeness (QED) is 0.900. The van der Waals surface area contributed by atoms with Gasteiger partial charge in [-0.25, -0.2) is 0 Å². The average Bonchev–Trinajstić information content (AvgIpc) is 2.98. The number of nitrogens with zero attached hydrogens (tertiary/aromatic N) is 2. The van der Waals surface area contributed by atoms with Crippen LogP contribution < -0.4 is 4.90 Å². The Bertz CT molecular complexity index is 561. The SMILES string of the molecule is CN(C)c1cccc(C(=O)N2C(=N)O[C@@H]3CSC[C@H]32)c1. The first kappa shape index (κ1) is 13.3. The van der Waals surface area contributed by atoms with Gasteiger partial charge < -0.3 is 9.64 Å². The Morgan fingerprint density at radius 1 is 1.45 bits per heavy atom. The molecule has 2 aliphatic rings. The number of carbonyl (C=O) groups excluding carboxylic acids is 1. The molecule has 0 aromatic heterocycles. The lowest BCUT2D eigenvalue weighted by Gasteiger charge is -2.20. The molecule has 6 heteroatoms. The summed E-state index contributed by atoms with van der Waals surface area (Å²) in [6, 6.07) is 7.45. The molecule has 5 nitrogen and oxygen atoms in total. The lowest BCUT2D eigenvalue weighted by molar-refractivity contribution is 0.0823. The number of amides is 1. The van der Waals surface area contributed by atoms with Crippen molar-refractivity contribution in [1.82, 2.24) is 4.90 Å². The number of hydrogen-bond donors (Lipinski definition) is 1. The highest BCUT2D eigenvalue weighted by atomic mass is 32.2. The van der Waals surface area contributed by atoms with Crippen LogP contribution in [0.3, 0.4) is 0 Å². The first-order chi connectivity index (χ1) is 9.58. The molecule has 0 saturated carbocycles. The summed E-state index contributed by atoms with van der Waals surface area (Å²) in [4.78, 5) is 16.1. The second kappa shape index (κ2) is 5.01. The molecular weight excluding hydrogens is 274 g/mol. The van der Waals surface area contributed by atoms with E-state index < -0.39 is 0 Å². The fourth-order valence-electron chi connectivity index (χ4n) is 2.53. The van der Waals surface area contributed by atoms with E-state index in [2.05, 4.69) is 0 Å². The van der Waals surface area contributed by atoms with Crippen LogP contribution in [0.4, 0.5) is 5.69 Å². The minimum absolute atomic E-state index is 0.00279. The molecule has 1 aromatic carbocycles. The molecule has 2 fully saturated rings. The van der Waals surface area contributed by atoms with E-state index >= 15 is 0 Å². The van der Waals surface area contributed by atoms with Crippen LogP contribution in [0.2, 0.25) is 0 Å². The van der Waals surface area contributed by atoms with Gasteiger partial charge in [-0.1, -0.05) is 6.07 Å². The third kappa shape index (κ3) is 2.14. The Labute approximate surface area is 122 Å². The molecule has 2 saturated heterocycles. The number of fused-ring (bicyclic) bond motifs is 1. The van der Waals surface area contributed by atoms with Crippen molar-refractivity contribution in [1.29, 1.82) is 5.41 Å². The van der Waals surface area contributed by atoms with Crippen LogP contribution in [0.25, 0.3) is 0 Å². The number of amidine groups is 1. The molecule has 0 bridgehead atoms. The molecule has 2 aliphatic heterocycles. The maximum absolute atomic E-state index is 12.7. The maximum atomic E-state index is 12.7. The molecule has 2 atom stereocenters. The summed E-state index contributed by atoms with van der Waals surface area (Å²) >= 11 is 1.77. The van der Waals surface area contributed by atoms with Crippen molar-refractivity contribution in [2.24, 2.45) is 0 Å². The topological polar surface area (TPSA) is 56.6 Å². The lowest BCUT2D eigenvalue weighted by Crippen LogP contribution is -2.41. The van der Waals surface area contributed by atoms with Crippen molar-refractivity contribution < 1.29 is 9.53 Å². The van der Waals surface area contributed by atoms with Crippen molar-refractivity contribution in [2.45, 2.75) is 12.1 Å². The molecular formula is C14H17N3O2S. The first-order valence-electron chi connectivity index (χ1n) is 6.52. The van der Waals surface area contributed by atoms with Gasteiger partial charge in [0.1, 0.15) is 6.10 Å². The van der Waals surface area contributed by atoms with E-state index in [4.69, 9.17) is 10.1 Å². The first-order valence-corrected chi connectivity index (χ1v) is 7.67. The number of carbonyl (C=O) groups is 1. The highest BCUT2D eigenvalue weighted by Crippen LogP contribution is 2.32. The number of anilines is 1. The van der Waals surface area contributed by atoms with Gasteiger partial charge in [-0.05, 0) is 18.2 Å². The third-order valence-electron chi connectivity index (χ3n) is 3.64. The highest BCUT2D eigenvalue weighted by Gasteiger charge is 2.46. The van der Waals surface area contributed by atoms with Crippen molar-refractivity contribution in [3.8, 4) is 0 Å². The van der Waals surface area contributed by atoms with Crippen LogP contribution in [0.1, 0.15) is 10.4 Å². The van der Waals surface area contributed by atoms with E-state index in [0.29, 0.717) is 5.56 Å². The second-order valence-electron chi connectivity index (χ2n) is 5.19. The predicted molar refractivity (Wildman–Crippen MR) is 80.7 cm³/mol. The third-order valence-corrected chi connectivity index (χ3v) is 4.78. The number of benzene rings is 1. The molecule has 0 aliphatic carbocycles. The molecule has 0 unspecified atom stereocenters. The molecule has 2 heterocycles. The van der Waals surface area contributed by atoms with Crippen molar-refractivity contribution in [2.75, 3.05) is 30.5 Å². The summed E-state index contributed by atoms with van der Waals surface area (Å²) in [7, 11) is 3.88. The van der Waals surface area contributed by atoms with Gasteiger partial charge in [0.15, 0.2) is 0 Å². The molecule has 1 N–H and O–H groups in total. The highest BCUT2D eigenvalue weighted by molar-refractivity contribution is 7.99. The summed E-state index contributed by atoms with van der Waals surface area (Å²) in [6.07, 6.45) is -0.0199. The molecule has 20 heavy (non-hydrogen) atoms. The van der Waals surface area contributed by atoms with Crippen LogP contribution in [0, 0.1) is 5.41 Å². The maximum Gasteiger partial charge on any atom is 0.292 e. The standard InChI is InChI=1S/C14H17N3O2S/c1-16(2)10-5-3-4-9(6-10)13(18)17-11-7-20-8-12(11)19-14(17)15/h3-6,11-12,15H,7-8H2,1-2H3/t11-,12-/m1/s1. The van der Waals surface area contributed by atoms with E-state index in [1.54, 1.807) is 17.8 Å². The largest absolute Gasteiger partial charge is 0.459 e. The van der Waals surface area contributed by atoms with Crippen molar-refractivity contribution >= 4 is 29.4 Å². The Balaban J connectivity index is 1.88. The van der Waals surface area contributed by atoms with E-state index in [1.165, 1.54) is 4.90 Å². The number of nitrogens with one attached hydrogen (secondary N) is 1. The van der Waals surface area contributed by atoms with Gasteiger partial charge >= 0.3 is 0 Å². The minimum Gasteiger partial charge on any atom is -0.459 e. The average molecular weight is 291 g/mol. The normalized spacial score (nSPS) is 24.5. The zero-order valence-corrected chi connectivity index (χ0v) is 12.3. The minimum atomic E-state index is -0.145. The van der Waals surface area contributed by atoms with Crippen LogP contribution >= 0.6 is 11.8 Å². The zero-order valence-electron chi connectivity index (χ0n) is 11.5. The Morgan fingerprint density at radius 2 is 2.25 bits per heavy atom. The van der Waals surface area contributed by atoms with Gasteiger partial charge in [0.2, 0.25) is 0 Å². The molecule has 106 valence electrons. The van der Waals surface area contributed by atoms with E-state index in [9.17, 15) is 4.79 Å². The Kier molecular flexibility index (Phi) is 3.33. The fourth-order valence-corrected chi connectivity index (χ4v) is 3.79. The summed E-state index contributed by atoms with van der Waals surface area (Å²) < 4.78 is 5.48. The lowest BCUT2D eigenvalue weighted by atomic mass is 10.1. The van der Waals surface area contributed by atoms with E-state index in [1.807, 2.05) is 37.2 Å². The molecule has 1 amide bonds. The Hall–Kier alpha value is -1.69. The van der Waals surface area contributed by atoms with Crippen LogP contribution in [-0.4, -0.2) is 54.6 Å². The molecule has 0 spiro atoms. The summed E-state index contributed by atoms with van der Waals surface area (Å²) in [5.41, 5.74) is 1.57. The van der Waals surface area contributed by atoms with Crippen molar-refractivity contribution in [3.05, 3.63) is 29.8 Å². The predicted octanol–water partition coefficient (Wildman–Crippen LogP) is 1.64. The molecule has 1 aromatic rings. The smallest absolute Gasteiger partial charge is 0.292 e. The van der Waals surface area contributed by atoms with Gasteiger partial charge in [0.25, 0.3) is 11.9 Å². The summed E-state index contributed by atoms with van der Waals surface area (Å²) in [5, 5.41) is 7.89. The van der Waals surface area contributed by atoms with Crippen LogP contribution in [-0.2, 0) is 4.74 Å². The van der Waals surface area contributed by atoms with Crippen LogP contribution in [0.5, 0.6) is 0 Å². The number of thioether (sulfide) groups is 1. The fraction of sp³-hybridized carbons (Fsp3) is 0.429. The number of ether oxygens (including phenoxy) is 1. The zero-order chi connectivity index (χ0) is 14.3. The number of hydrogen-bond acceptors (Lipinski definition) is 5. The monoisotopic (exact) mass is 291 g/mol. The van der Waals surface area contributed by atoms with Crippen molar-refractivity contribution in [3.63, 3.8) is 0 Å². The second-order valence-corrected chi connectivity index (χ2v) is 6.26.